The van der Waals surface area contributed by atoms with Gasteiger partial charge in [-0.1, -0.05) is 111 Å². The van der Waals surface area contributed by atoms with E-state index in [-0.39, 0.29) is 0 Å². The molecule has 0 unspecified atom stereocenters. The summed E-state index contributed by atoms with van der Waals surface area (Å²) in [6, 6.07) is 44.8. The molecule has 8 N–H and O–H groups in total. The van der Waals surface area contributed by atoms with Crippen molar-refractivity contribution < 1.29 is 208 Å². The molecule has 40 heteroatoms. The van der Waals surface area contributed by atoms with E-state index in [1.54, 1.807) is 99.1 Å². The number of hydrogen-bond donors (Lipinski definition) is 8. The van der Waals surface area contributed by atoms with Crippen LogP contribution in [0, 0.1) is 61.3 Å². The van der Waals surface area contributed by atoms with Gasteiger partial charge in [0.2, 0.25) is 0 Å². The molecule has 8 aromatic carbocycles. The minimum atomic E-state index is -0.826. The Kier molecular flexibility index (Phi) is 111. The number of halogens is 16. The number of benzene rings is 8. The Morgan fingerprint density at radius 3 is 0.448 bits per heavy atom. The number of aliphatic imine (C=N–C) groups is 8. The van der Waals surface area contributed by atoms with Crippen LogP contribution in [-0.4, -0.2) is 146 Å². The van der Waals surface area contributed by atoms with Gasteiger partial charge in [0, 0.05) is 150 Å². The van der Waals surface area contributed by atoms with Gasteiger partial charge < -0.3 is 40.9 Å². The fourth-order valence-electron chi connectivity index (χ4n) is 7.76. The maximum absolute atomic E-state index is 9.71. The summed E-state index contributed by atoms with van der Waals surface area (Å²) < 4.78 is 0. The van der Waals surface area contributed by atoms with Crippen LogP contribution in [0.3, 0.4) is 0 Å². The van der Waals surface area contributed by atoms with Crippen molar-refractivity contribution in [1.82, 2.24) is 0 Å². The number of phenolic OH excluding ortho intramolecular Hbond substituents is 8. The quantitative estimate of drug-likeness (QED) is 0.0576. The van der Waals surface area contributed by atoms with E-state index in [2.05, 4.69) is 53.8 Å². The Morgan fingerprint density at radius 1 is 0.233 bits per heavy atom. The Morgan fingerprint density at radius 2 is 0.345 bits per heavy atom. The zero-order valence-corrected chi connectivity index (χ0v) is 98.4. The predicted molar refractivity (Wildman–Crippen MR) is 483 cm³/mol. The molecule has 0 aliphatic carbocycles. The van der Waals surface area contributed by atoms with Crippen LogP contribution in [0.2, 0.25) is 0 Å². The standard InChI is InChI=1S/C13H19NO.7C9H11NO.16ClH.8Zr/c1-10(2)7-8-14-9-12-6-4-5-11(3)13(12)15;7*1-7-4-3-5-8(6-10-2)9(7)11;;;;;;;;;;;;;;;;;;;;;;;;/h4-6,9-10,15H,7-8H2,1-3H3;7*3-6,11H,1-2H3;16*1H;;;;;;;;/q;;;;;;;;;;;;;;;;;;;;;;;;8*+2/p-16. The maximum atomic E-state index is 9.71. The Bertz CT molecular complexity index is 3400. The Labute approximate surface area is 837 Å². The molecule has 0 heterocycles. The third kappa shape index (κ3) is 75.4. The normalized spacial score (nSPS) is 9.57. The van der Waals surface area contributed by atoms with Gasteiger partial charge in [-0.25, -0.2) is 0 Å². The number of aryl methyl sites for hydroxylation is 8. The number of hydrogen-bond acceptors (Lipinski definition) is 16. The van der Waals surface area contributed by atoms with E-state index in [1.807, 2.05) is 201 Å². The molecule has 0 radical (unpaired) electrons. The van der Waals surface area contributed by atoms with Crippen molar-refractivity contribution in [3.63, 3.8) is 0 Å². The summed E-state index contributed by atoms with van der Waals surface area (Å²) in [5, 5.41) is 75.8. The van der Waals surface area contributed by atoms with Crippen LogP contribution >= 0.6 is 136 Å². The number of phenols is 8. The van der Waals surface area contributed by atoms with E-state index in [9.17, 15) is 40.9 Å². The number of nitrogens with zero attached hydrogens (tertiary/aromatic N) is 8. The van der Waals surface area contributed by atoms with E-state index in [0.717, 1.165) is 102 Å². The van der Waals surface area contributed by atoms with Crippen molar-refractivity contribution in [1.29, 1.82) is 0 Å². The van der Waals surface area contributed by atoms with E-state index < -0.39 is 167 Å². The summed E-state index contributed by atoms with van der Waals surface area (Å²) in [5.41, 5.74) is 13.2. The first-order valence-electron chi connectivity index (χ1n) is 32.6. The fraction of sp³-hybridized carbons (Fsp3) is 0.263. The summed E-state index contributed by atoms with van der Waals surface area (Å²) in [5.74, 6) is 3.24. The summed E-state index contributed by atoms with van der Waals surface area (Å²) in [6.45, 7) is 20.1. The predicted octanol–water partition coefficient (Wildman–Crippen LogP) is 26.4. The van der Waals surface area contributed by atoms with Gasteiger partial charge >= 0.3 is 303 Å². The van der Waals surface area contributed by atoms with Crippen LogP contribution in [0.4, 0.5) is 0 Å². The van der Waals surface area contributed by atoms with Gasteiger partial charge in [0.1, 0.15) is 46.0 Å². The molecule has 0 amide bonds. The molecule has 8 aromatic rings. The summed E-state index contributed by atoms with van der Waals surface area (Å²) in [6.07, 6.45) is 14.3. The van der Waals surface area contributed by atoms with E-state index in [0.29, 0.717) is 51.9 Å². The molecular weight excluding hydrogens is 2450 g/mol. The molecule has 0 saturated heterocycles. The number of aromatic hydroxyl groups is 8. The molecule has 632 valence electrons. The van der Waals surface area contributed by atoms with Gasteiger partial charge in [0.05, 0.1) is 0 Å². The second kappa shape index (κ2) is 96.9. The first-order chi connectivity index (χ1) is 55.2. The van der Waals surface area contributed by atoms with Crippen molar-refractivity contribution in [2.24, 2.45) is 45.9 Å². The molecule has 0 aliphatic rings. The van der Waals surface area contributed by atoms with Gasteiger partial charge in [-0.15, -0.1) is 0 Å². The summed E-state index contributed by atoms with van der Waals surface area (Å²) in [4.78, 5) is 31.1. The molecule has 8 rings (SSSR count). The third-order valence-electron chi connectivity index (χ3n) is 13.1. The third-order valence-corrected chi connectivity index (χ3v) is 13.1. The van der Waals surface area contributed by atoms with Crippen LogP contribution < -0.4 is 0 Å². The molecule has 0 spiro atoms. The summed E-state index contributed by atoms with van der Waals surface area (Å²) in [7, 11) is 90.7. The van der Waals surface area contributed by atoms with Gasteiger partial charge in [-0.2, -0.15) is 0 Å². The first kappa shape index (κ1) is 133. The van der Waals surface area contributed by atoms with Crippen molar-refractivity contribution in [3.8, 4) is 46.0 Å². The average Bonchev–Trinajstić information content (AvgIpc) is 0.944. The van der Waals surface area contributed by atoms with Crippen LogP contribution in [0.25, 0.3) is 0 Å². The molecule has 0 saturated carbocycles. The monoisotopic (exact) mass is 2530 g/mol. The van der Waals surface area contributed by atoms with E-state index >= 15 is 0 Å². The van der Waals surface area contributed by atoms with Crippen LogP contribution in [0.5, 0.6) is 46.0 Å². The minimum absolute atomic E-state index is 0.318. The molecule has 116 heavy (non-hydrogen) atoms. The molecule has 0 fully saturated rings. The van der Waals surface area contributed by atoms with Crippen LogP contribution in [0.15, 0.2) is 186 Å². The zero-order chi connectivity index (χ0) is 90.8. The van der Waals surface area contributed by atoms with E-state index in [4.69, 9.17) is 136 Å². The average molecular weight is 2550 g/mol. The number of para-hydroxylation sites is 8. The molecule has 0 aromatic heterocycles. The van der Waals surface area contributed by atoms with Crippen molar-refractivity contribution >= 4 is 186 Å². The second-order valence-corrected chi connectivity index (χ2v) is 51.5. The molecule has 16 nitrogen and oxygen atoms in total. The van der Waals surface area contributed by atoms with Crippen LogP contribution in [-0.2, 0) is 167 Å². The van der Waals surface area contributed by atoms with Gasteiger partial charge in [-0.3, -0.25) is 39.9 Å². The molecule has 0 aliphatic heterocycles. The molecular formula is C76H96Cl16N8O8Zr8. The van der Waals surface area contributed by atoms with E-state index in [1.165, 1.54) is 0 Å². The first-order valence-corrected chi connectivity index (χ1v) is 83.3. The summed E-state index contributed by atoms with van der Waals surface area (Å²) >= 11 is -6.60. The van der Waals surface area contributed by atoms with Crippen molar-refractivity contribution in [2.75, 3.05) is 55.9 Å². The molecule has 0 atom stereocenters. The Hall–Kier alpha value is 1.22. The zero-order valence-electron chi connectivity index (χ0n) is 66.7. The second-order valence-electron chi connectivity index (χ2n) is 21.6. The van der Waals surface area contributed by atoms with Crippen molar-refractivity contribution in [3.05, 3.63) is 235 Å². The van der Waals surface area contributed by atoms with Crippen molar-refractivity contribution in [2.45, 2.75) is 75.7 Å². The number of rotatable bonds is 11. The van der Waals surface area contributed by atoms with Gasteiger partial charge in [0.15, 0.2) is 0 Å². The topological polar surface area (TPSA) is 261 Å². The SMILES string of the molecule is CN=Cc1cccc(C)c1O.CN=Cc1cccc(C)c1O.CN=Cc1cccc(C)c1O.CN=Cc1cccc(C)c1O.CN=Cc1cccc(C)c1O.CN=Cc1cccc(C)c1O.CN=Cc1cccc(C)c1O.Cc1cccc(C=NCCC(C)C)c1O.[Cl][Zr][Cl].[Cl][Zr][Cl].[Cl][Zr][Cl].[Cl][Zr][Cl].[Cl][Zr][Cl].[Cl][Zr][Cl].[Cl][Zr][Cl].[Cl][Zr][Cl]. The fourth-order valence-corrected chi connectivity index (χ4v) is 7.76. The molecule has 0 bridgehead atoms. The van der Waals surface area contributed by atoms with Gasteiger partial charge in [0.25, 0.3) is 0 Å². The Balaban J connectivity index is -0.000000184. The van der Waals surface area contributed by atoms with Crippen LogP contribution in [0.1, 0.15) is 109 Å². The van der Waals surface area contributed by atoms with Gasteiger partial charge in [-0.05, 0) is 161 Å².